The van der Waals surface area contributed by atoms with Crippen LogP contribution in [-0.4, -0.2) is 23.6 Å². The first kappa shape index (κ1) is 15.8. The fourth-order valence-electron chi connectivity index (χ4n) is 2.37. The summed E-state index contributed by atoms with van der Waals surface area (Å²) in [7, 11) is 1.64. The van der Waals surface area contributed by atoms with E-state index in [-0.39, 0.29) is 0 Å². The molecule has 0 aliphatic rings. The first-order chi connectivity index (χ1) is 11.2. The van der Waals surface area contributed by atoms with Crippen LogP contribution in [-0.2, 0) is 0 Å². The predicted octanol–water partition coefficient (Wildman–Crippen LogP) is 5.19. The molecular weight excluding hydrogens is 328 g/mol. The van der Waals surface area contributed by atoms with Gasteiger partial charge in [0.05, 0.1) is 18.9 Å². The van der Waals surface area contributed by atoms with Gasteiger partial charge < -0.3 is 4.74 Å². The fraction of sp³-hybridized carbons (Fsp3) is 0.111. The Morgan fingerprint density at radius 2 is 1.61 bits per heavy atom. The molecule has 0 radical (unpaired) electrons. The minimum atomic E-state index is 0.686. The zero-order valence-electron chi connectivity index (χ0n) is 12.8. The molecule has 0 aliphatic carbocycles. The topological polar surface area (TPSA) is 35.0 Å². The number of hydrogen-bond donors (Lipinski definition) is 0. The average molecular weight is 343 g/mol. The smallest absolute Gasteiger partial charge is 0.149 e. The second-order valence-electron chi connectivity index (χ2n) is 4.87. The number of ether oxygens (including phenoxy) is 1. The Morgan fingerprint density at radius 1 is 0.957 bits per heavy atom. The lowest BCUT2D eigenvalue weighted by atomic mass is 9.99. The molecule has 1 heterocycles. The van der Waals surface area contributed by atoms with Gasteiger partial charge in [0.15, 0.2) is 0 Å². The van der Waals surface area contributed by atoms with Gasteiger partial charge in [-0.25, -0.2) is 0 Å². The SMILES string of the molecule is COc1cnnc(-c2ccc(SC)cc2)c1-c1ccc(Cl)cc1. The molecule has 116 valence electrons. The highest BCUT2D eigenvalue weighted by atomic mass is 35.5. The summed E-state index contributed by atoms with van der Waals surface area (Å²) < 4.78 is 5.50. The first-order valence-corrected chi connectivity index (χ1v) is 8.63. The molecule has 3 aromatic rings. The van der Waals surface area contributed by atoms with Crippen LogP contribution in [0.5, 0.6) is 5.75 Å². The van der Waals surface area contributed by atoms with Gasteiger partial charge in [-0.2, -0.15) is 5.10 Å². The largest absolute Gasteiger partial charge is 0.494 e. The van der Waals surface area contributed by atoms with E-state index in [4.69, 9.17) is 16.3 Å². The summed E-state index contributed by atoms with van der Waals surface area (Å²) in [6.45, 7) is 0. The minimum Gasteiger partial charge on any atom is -0.494 e. The molecule has 23 heavy (non-hydrogen) atoms. The van der Waals surface area contributed by atoms with Gasteiger partial charge in [0.2, 0.25) is 0 Å². The Kier molecular flexibility index (Phi) is 4.84. The van der Waals surface area contributed by atoms with Crippen LogP contribution in [0.4, 0.5) is 0 Å². The van der Waals surface area contributed by atoms with Crippen molar-refractivity contribution in [3.05, 3.63) is 59.8 Å². The number of thioether (sulfide) groups is 1. The van der Waals surface area contributed by atoms with Crippen LogP contribution >= 0.6 is 23.4 Å². The molecule has 0 saturated heterocycles. The Hall–Kier alpha value is -2.04. The number of benzene rings is 2. The van der Waals surface area contributed by atoms with Crippen LogP contribution < -0.4 is 4.74 Å². The molecule has 0 amide bonds. The van der Waals surface area contributed by atoms with Gasteiger partial charge in [-0.05, 0) is 36.1 Å². The summed E-state index contributed by atoms with van der Waals surface area (Å²) in [5.41, 5.74) is 3.69. The summed E-state index contributed by atoms with van der Waals surface area (Å²) in [5.74, 6) is 0.686. The zero-order valence-corrected chi connectivity index (χ0v) is 14.4. The van der Waals surface area contributed by atoms with E-state index < -0.39 is 0 Å². The second kappa shape index (κ2) is 7.02. The minimum absolute atomic E-state index is 0.686. The van der Waals surface area contributed by atoms with Gasteiger partial charge in [0.25, 0.3) is 0 Å². The summed E-state index contributed by atoms with van der Waals surface area (Å²) in [5, 5.41) is 9.11. The van der Waals surface area contributed by atoms with E-state index in [1.165, 1.54) is 4.90 Å². The Balaban J connectivity index is 2.18. The summed E-state index contributed by atoms with van der Waals surface area (Å²) >= 11 is 7.71. The quantitative estimate of drug-likeness (QED) is 0.611. The van der Waals surface area contributed by atoms with Crippen molar-refractivity contribution < 1.29 is 4.74 Å². The molecule has 1 aromatic heterocycles. The maximum Gasteiger partial charge on any atom is 0.149 e. The lowest BCUT2D eigenvalue weighted by Crippen LogP contribution is -1.97. The highest BCUT2D eigenvalue weighted by molar-refractivity contribution is 7.98. The number of rotatable bonds is 4. The van der Waals surface area contributed by atoms with Crippen molar-refractivity contribution >= 4 is 23.4 Å². The third kappa shape index (κ3) is 3.33. The number of hydrogen-bond acceptors (Lipinski definition) is 4. The third-order valence-electron chi connectivity index (χ3n) is 3.53. The normalized spacial score (nSPS) is 10.6. The Labute approximate surface area is 144 Å². The summed E-state index contributed by atoms with van der Waals surface area (Å²) in [4.78, 5) is 1.21. The molecule has 3 rings (SSSR count). The summed E-state index contributed by atoms with van der Waals surface area (Å²) in [6.07, 6.45) is 3.68. The maximum absolute atomic E-state index is 6.00. The van der Waals surface area contributed by atoms with Crippen LogP contribution in [0, 0.1) is 0 Å². The number of nitrogens with zero attached hydrogens (tertiary/aromatic N) is 2. The molecule has 0 saturated carbocycles. The molecule has 0 unspecified atom stereocenters. The van der Waals surface area contributed by atoms with E-state index in [0.717, 1.165) is 22.4 Å². The lowest BCUT2D eigenvalue weighted by molar-refractivity contribution is 0.413. The first-order valence-electron chi connectivity index (χ1n) is 7.03. The van der Waals surface area contributed by atoms with Gasteiger partial charge >= 0.3 is 0 Å². The van der Waals surface area contributed by atoms with Gasteiger partial charge in [0, 0.05) is 15.5 Å². The van der Waals surface area contributed by atoms with Crippen molar-refractivity contribution in [2.75, 3.05) is 13.4 Å². The van der Waals surface area contributed by atoms with E-state index in [1.54, 1.807) is 25.1 Å². The van der Waals surface area contributed by atoms with Crippen molar-refractivity contribution in [3.8, 4) is 28.1 Å². The monoisotopic (exact) mass is 342 g/mol. The molecule has 0 fully saturated rings. The average Bonchev–Trinajstić information content (AvgIpc) is 2.62. The van der Waals surface area contributed by atoms with Gasteiger partial charge in [-0.3, -0.25) is 0 Å². The van der Waals surface area contributed by atoms with E-state index in [2.05, 4.69) is 40.7 Å². The van der Waals surface area contributed by atoms with Crippen LogP contribution in [0.25, 0.3) is 22.4 Å². The molecule has 0 atom stereocenters. The van der Waals surface area contributed by atoms with Crippen molar-refractivity contribution in [2.24, 2.45) is 0 Å². The molecule has 5 heteroatoms. The van der Waals surface area contributed by atoms with Crippen molar-refractivity contribution in [2.45, 2.75) is 4.90 Å². The van der Waals surface area contributed by atoms with E-state index >= 15 is 0 Å². The molecule has 0 spiro atoms. The highest BCUT2D eigenvalue weighted by Gasteiger charge is 2.15. The molecular formula is C18H15ClN2OS. The molecule has 2 aromatic carbocycles. The molecule has 0 aliphatic heterocycles. The van der Waals surface area contributed by atoms with Crippen LogP contribution in [0.15, 0.2) is 59.6 Å². The standard InChI is InChI=1S/C18H15ClN2OS/c1-22-16-11-20-21-18(13-5-9-15(23-2)10-6-13)17(16)12-3-7-14(19)8-4-12/h3-11H,1-2H3. The van der Waals surface area contributed by atoms with Crippen molar-refractivity contribution in [1.29, 1.82) is 0 Å². The van der Waals surface area contributed by atoms with Gasteiger partial charge in [0.1, 0.15) is 11.4 Å². The fourth-order valence-corrected chi connectivity index (χ4v) is 2.91. The molecule has 0 bridgehead atoms. The van der Waals surface area contributed by atoms with E-state index in [0.29, 0.717) is 10.8 Å². The lowest BCUT2D eigenvalue weighted by Gasteiger charge is -2.13. The number of halogens is 1. The van der Waals surface area contributed by atoms with Crippen molar-refractivity contribution in [3.63, 3.8) is 0 Å². The van der Waals surface area contributed by atoms with Crippen molar-refractivity contribution in [1.82, 2.24) is 10.2 Å². The highest BCUT2D eigenvalue weighted by Crippen LogP contribution is 2.37. The maximum atomic E-state index is 6.00. The Morgan fingerprint density at radius 3 is 2.22 bits per heavy atom. The zero-order chi connectivity index (χ0) is 16.2. The van der Waals surface area contributed by atoms with Crippen LogP contribution in [0.3, 0.4) is 0 Å². The van der Waals surface area contributed by atoms with Crippen LogP contribution in [0.1, 0.15) is 0 Å². The van der Waals surface area contributed by atoms with Crippen LogP contribution in [0.2, 0.25) is 5.02 Å². The number of methoxy groups -OCH3 is 1. The van der Waals surface area contributed by atoms with E-state index in [9.17, 15) is 0 Å². The molecule has 0 N–H and O–H groups in total. The predicted molar refractivity (Wildman–Crippen MR) is 96.2 cm³/mol. The summed E-state index contributed by atoms with van der Waals surface area (Å²) in [6, 6.07) is 15.9. The molecule has 3 nitrogen and oxygen atoms in total. The van der Waals surface area contributed by atoms with E-state index in [1.807, 2.05) is 24.3 Å². The van der Waals surface area contributed by atoms with Gasteiger partial charge in [-0.15, -0.1) is 16.9 Å². The number of aromatic nitrogens is 2. The second-order valence-corrected chi connectivity index (χ2v) is 6.19. The van der Waals surface area contributed by atoms with Gasteiger partial charge in [-0.1, -0.05) is 35.9 Å². The third-order valence-corrected chi connectivity index (χ3v) is 4.53. The Bertz CT molecular complexity index is 804.